The lowest BCUT2D eigenvalue weighted by molar-refractivity contribution is -0.138. The maximum atomic E-state index is 12.4. The number of fused-ring (bicyclic) bond motifs is 1. The van der Waals surface area contributed by atoms with Gasteiger partial charge in [0.15, 0.2) is 6.61 Å². The first kappa shape index (κ1) is 14.4. The number of rotatable bonds is 3. The van der Waals surface area contributed by atoms with E-state index in [-0.39, 0.29) is 30.4 Å². The number of hydrogen-bond acceptors (Lipinski definition) is 4. The number of carbonyl (C=O) groups is 2. The van der Waals surface area contributed by atoms with E-state index in [1.807, 2.05) is 6.07 Å². The number of likely N-dealkylation sites (tertiary alicyclic amines) is 1. The number of benzene rings is 1. The van der Waals surface area contributed by atoms with E-state index in [1.165, 1.54) is 0 Å². The lowest BCUT2D eigenvalue weighted by Gasteiger charge is -2.35. The van der Waals surface area contributed by atoms with Crippen molar-refractivity contribution in [3.8, 4) is 11.8 Å². The second-order valence-corrected chi connectivity index (χ2v) is 5.54. The van der Waals surface area contributed by atoms with Gasteiger partial charge in [-0.05, 0) is 25.0 Å². The number of piperidine rings is 1. The third kappa shape index (κ3) is 2.62. The standard InChI is InChI=1S/C16H17N3O3/c17-8-11-4-1-2-6-14(11)22-10-15(20)19-7-3-5-12-13(19)9-18-16(12)21/h1-2,4,6,12-13H,3,5,7,9-10H2,(H,18,21)/t12-,13-/m1/s1. The summed E-state index contributed by atoms with van der Waals surface area (Å²) in [6, 6.07) is 8.80. The van der Waals surface area contributed by atoms with Crippen LogP contribution in [0.25, 0.3) is 0 Å². The van der Waals surface area contributed by atoms with Gasteiger partial charge < -0.3 is 15.0 Å². The SMILES string of the molecule is N#Cc1ccccc1OCC(=O)N1CCC[C@H]2C(=O)NC[C@H]21. The highest BCUT2D eigenvalue weighted by atomic mass is 16.5. The van der Waals surface area contributed by atoms with Gasteiger partial charge in [0.05, 0.1) is 17.5 Å². The van der Waals surface area contributed by atoms with E-state index in [0.29, 0.717) is 24.4 Å². The third-order valence-electron chi connectivity index (χ3n) is 4.28. The molecule has 0 aliphatic carbocycles. The molecule has 0 saturated carbocycles. The molecule has 0 unspecified atom stereocenters. The highest BCUT2D eigenvalue weighted by molar-refractivity contribution is 5.85. The Hall–Kier alpha value is -2.55. The normalized spacial score (nSPS) is 23.4. The number of para-hydroxylation sites is 1. The van der Waals surface area contributed by atoms with E-state index < -0.39 is 0 Å². The Balaban J connectivity index is 1.65. The first-order valence-corrected chi connectivity index (χ1v) is 7.40. The first-order chi connectivity index (χ1) is 10.7. The van der Waals surface area contributed by atoms with Crippen LogP contribution in [-0.2, 0) is 9.59 Å². The summed E-state index contributed by atoms with van der Waals surface area (Å²) in [4.78, 5) is 25.9. The Labute approximate surface area is 128 Å². The smallest absolute Gasteiger partial charge is 0.260 e. The summed E-state index contributed by atoms with van der Waals surface area (Å²) in [7, 11) is 0. The second-order valence-electron chi connectivity index (χ2n) is 5.54. The van der Waals surface area contributed by atoms with E-state index in [9.17, 15) is 9.59 Å². The fraction of sp³-hybridized carbons (Fsp3) is 0.438. The average Bonchev–Trinajstić information content (AvgIpc) is 2.94. The monoisotopic (exact) mass is 299 g/mol. The van der Waals surface area contributed by atoms with Gasteiger partial charge in [-0.1, -0.05) is 12.1 Å². The van der Waals surface area contributed by atoms with Crippen molar-refractivity contribution in [2.45, 2.75) is 18.9 Å². The van der Waals surface area contributed by atoms with Crippen LogP contribution >= 0.6 is 0 Å². The summed E-state index contributed by atoms with van der Waals surface area (Å²) in [6.07, 6.45) is 1.66. The van der Waals surface area contributed by atoms with Crippen molar-refractivity contribution in [3.63, 3.8) is 0 Å². The first-order valence-electron chi connectivity index (χ1n) is 7.40. The molecule has 2 aliphatic heterocycles. The summed E-state index contributed by atoms with van der Waals surface area (Å²) in [5.74, 6) is 0.216. The van der Waals surface area contributed by atoms with Crippen molar-refractivity contribution >= 4 is 11.8 Å². The van der Waals surface area contributed by atoms with Crippen LogP contribution in [0.1, 0.15) is 18.4 Å². The van der Waals surface area contributed by atoms with Crippen LogP contribution in [0.4, 0.5) is 0 Å². The molecular weight excluding hydrogens is 282 g/mol. The molecule has 1 aromatic rings. The minimum absolute atomic E-state index is 0.0400. The van der Waals surface area contributed by atoms with Crippen LogP contribution in [0.15, 0.2) is 24.3 Å². The molecule has 0 aromatic heterocycles. The molecule has 6 heteroatoms. The maximum absolute atomic E-state index is 12.4. The minimum atomic E-state index is -0.140. The van der Waals surface area contributed by atoms with Gasteiger partial charge in [-0.15, -0.1) is 0 Å². The Bertz CT molecular complexity index is 638. The van der Waals surface area contributed by atoms with Crippen LogP contribution in [0, 0.1) is 17.2 Å². The van der Waals surface area contributed by atoms with Crippen molar-refractivity contribution in [1.29, 1.82) is 5.26 Å². The minimum Gasteiger partial charge on any atom is -0.482 e. The van der Waals surface area contributed by atoms with Crippen LogP contribution in [0.2, 0.25) is 0 Å². The summed E-state index contributed by atoms with van der Waals surface area (Å²) < 4.78 is 5.50. The van der Waals surface area contributed by atoms with E-state index in [1.54, 1.807) is 29.2 Å². The molecule has 0 spiro atoms. The summed E-state index contributed by atoms with van der Waals surface area (Å²) >= 11 is 0. The number of hydrogen-bond donors (Lipinski definition) is 1. The molecule has 1 N–H and O–H groups in total. The van der Waals surface area contributed by atoms with Crippen LogP contribution in [-0.4, -0.2) is 42.5 Å². The molecule has 2 saturated heterocycles. The number of nitrogens with one attached hydrogen (secondary N) is 1. The quantitative estimate of drug-likeness (QED) is 0.889. The zero-order valence-corrected chi connectivity index (χ0v) is 12.1. The zero-order valence-electron chi connectivity index (χ0n) is 12.1. The lowest BCUT2D eigenvalue weighted by Crippen LogP contribution is -2.50. The second kappa shape index (κ2) is 6.06. The average molecular weight is 299 g/mol. The van der Waals surface area contributed by atoms with Gasteiger partial charge in [0.25, 0.3) is 5.91 Å². The number of amides is 2. The predicted molar refractivity (Wildman–Crippen MR) is 77.9 cm³/mol. The molecular formula is C16H17N3O3. The number of nitriles is 1. The van der Waals surface area contributed by atoms with Gasteiger partial charge in [-0.25, -0.2) is 0 Å². The van der Waals surface area contributed by atoms with Crippen LogP contribution in [0.5, 0.6) is 5.75 Å². The zero-order chi connectivity index (χ0) is 15.5. The Morgan fingerprint density at radius 2 is 2.27 bits per heavy atom. The largest absolute Gasteiger partial charge is 0.482 e. The fourth-order valence-corrected chi connectivity index (χ4v) is 3.17. The molecule has 22 heavy (non-hydrogen) atoms. The summed E-state index contributed by atoms with van der Waals surface area (Å²) in [6.45, 7) is 1.05. The Morgan fingerprint density at radius 3 is 3.09 bits per heavy atom. The van der Waals surface area contributed by atoms with Gasteiger partial charge in [0.2, 0.25) is 5.91 Å². The van der Waals surface area contributed by atoms with Crippen molar-refractivity contribution in [2.24, 2.45) is 5.92 Å². The number of carbonyl (C=O) groups excluding carboxylic acids is 2. The molecule has 0 radical (unpaired) electrons. The fourth-order valence-electron chi connectivity index (χ4n) is 3.17. The third-order valence-corrected chi connectivity index (χ3v) is 4.28. The molecule has 2 aliphatic rings. The van der Waals surface area contributed by atoms with E-state index in [2.05, 4.69) is 5.32 Å². The van der Waals surface area contributed by atoms with Crippen molar-refractivity contribution < 1.29 is 14.3 Å². The van der Waals surface area contributed by atoms with E-state index in [4.69, 9.17) is 10.00 Å². The molecule has 6 nitrogen and oxygen atoms in total. The van der Waals surface area contributed by atoms with Gasteiger partial charge in [-0.2, -0.15) is 5.26 Å². The van der Waals surface area contributed by atoms with Gasteiger partial charge in [0.1, 0.15) is 11.8 Å². The Kier molecular flexibility index (Phi) is 3.96. The van der Waals surface area contributed by atoms with Gasteiger partial charge >= 0.3 is 0 Å². The molecule has 114 valence electrons. The molecule has 2 fully saturated rings. The number of nitrogens with zero attached hydrogens (tertiary/aromatic N) is 2. The van der Waals surface area contributed by atoms with Crippen molar-refractivity contribution in [2.75, 3.05) is 19.7 Å². The summed E-state index contributed by atoms with van der Waals surface area (Å²) in [5, 5.41) is 11.8. The highest BCUT2D eigenvalue weighted by Crippen LogP contribution is 2.27. The van der Waals surface area contributed by atoms with Crippen molar-refractivity contribution in [1.82, 2.24) is 10.2 Å². The van der Waals surface area contributed by atoms with Crippen LogP contribution < -0.4 is 10.1 Å². The molecule has 2 heterocycles. The molecule has 1 aromatic carbocycles. The van der Waals surface area contributed by atoms with Crippen LogP contribution in [0.3, 0.4) is 0 Å². The van der Waals surface area contributed by atoms with E-state index >= 15 is 0 Å². The van der Waals surface area contributed by atoms with Gasteiger partial charge in [0, 0.05) is 13.1 Å². The topological polar surface area (TPSA) is 82.4 Å². The summed E-state index contributed by atoms with van der Waals surface area (Å²) in [5.41, 5.74) is 0.407. The molecule has 2 amide bonds. The predicted octanol–water partition coefficient (Wildman–Crippen LogP) is 0.674. The van der Waals surface area contributed by atoms with E-state index in [0.717, 1.165) is 12.8 Å². The van der Waals surface area contributed by atoms with Gasteiger partial charge in [-0.3, -0.25) is 9.59 Å². The van der Waals surface area contributed by atoms with Crippen molar-refractivity contribution in [3.05, 3.63) is 29.8 Å². The number of ether oxygens (including phenoxy) is 1. The lowest BCUT2D eigenvalue weighted by atomic mass is 9.91. The Morgan fingerprint density at radius 1 is 1.45 bits per heavy atom. The molecule has 2 atom stereocenters. The molecule has 0 bridgehead atoms. The molecule has 3 rings (SSSR count). The maximum Gasteiger partial charge on any atom is 0.260 e. The highest BCUT2D eigenvalue weighted by Gasteiger charge is 2.42.